The monoisotopic (exact) mass is 295 g/mol. The van der Waals surface area contributed by atoms with Gasteiger partial charge in [0.25, 0.3) is 0 Å². The van der Waals surface area contributed by atoms with Crippen molar-refractivity contribution in [2.75, 3.05) is 5.32 Å². The number of nitrogens with one attached hydrogen (secondary N) is 1. The van der Waals surface area contributed by atoms with E-state index in [1.807, 2.05) is 6.07 Å². The molecule has 0 aliphatic rings. The molecule has 3 aromatic rings. The van der Waals surface area contributed by atoms with E-state index in [4.69, 9.17) is 0 Å². The molecule has 0 atom stereocenters. The van der Waals surface area contributed by atoms with Gasteiger partial charge in [-0.3, -0.25) is 0 Å². The number of halogens is 1. The molecule has 2 aromatic carbocycles. The van der Waals surface area contributed by atoms with Crippen LogP contribution in [0.1, 0.15) is 18.1 Å². The number of anilines is 1. The fourth-order valence-electron chi connectivity index (χ4n) is 2.33. The number of aryl methyl sites for hydroxylation is 1. The molecule has 4 heteroatoms. The Morgan fingerprint density at radius 3 is 2.50 bits per heavy atom. The van der Waals surface area contributed by atoms with Gasteiger partial charge in [-0.2, -0.15) is 0 Å². The number of nitrogens with zero attached hydrogens (tertiary/aromatic N) is 2. The lowest BCUT2D eigenvalue weighted by Crippen LogP contribution is -2.02. The van der Waals surface area contributed by atoms with E-state index in [-0.39, 0.29) is 5.82 Å². The Morgan fingerprint density at radius 2 is 1.86 bits per heavy atom. The van der Waals surface area contributed by atoms with Gasteiger partial charge in [0.2, 0.25) is 0 Å². The van der Waals surface area contributed by atoms with Gasteiger partial charge in [-0.25, -0.2) is 9.37 Å². The Kier molecular flexibility index (Phi) is 4.19. The van der Waals surface area contributed by atoms with Crippen molar-refractivity contribution in [1.82, 2.24) is 9.55 Å². The molecule has 0 bridgehead atoms. The summed E-state index contributed by atoms with van der Waals surface area (Å²) in [6.07, 6.45) is 5.98. The highest BCUT2D eigenvalue weighted by molar-refractivity contribution is 5.46. The van der Waals surface area contributed by atoms with Crippen LogP contribution in [-0.4, -0.2) is 9.55 Å². The average molecular weight is 295 g/mol. The van der Waals surface area contributed by atoms with Crippen molar-refractivity contribution < 1.29 is 4.39 Å². The maximum Gasteiger partial charge on any atom is 0.147 e. The number of rotatable bonds is 5. The van der Waals surface area contributed by atoms with Crippen molar-refractivity contribution in [1.29, 1.82) is 0 Å². The first-order chi connectivity index (χ1) is 10.8. The molecule has 1 N–H and O–H groups in total. The lowest BCUT2D eigenvalue weighted by atomic mass is 10.1. The third-order valence-corrected chi connectivity index (χ3v) is 3.65. The first-order valence-electron chi connectivity index (χ1n) is 7.36. The summed E-state index contributed by atoms with van der Waals surface area (Å²) in [7, 11) is 0. The molecule has 1 aromatic heterocycles. The van der Waals surface area contributed by atoms with Crippen molar-refractivity contribution in [3.63, 3.8) is 0 Å². The zero-order chi connectivity index (χ0) is 15.4. The average Bonchev–Trinajstić information content (AvgIpc) is 3.07. The topological polar surface area (TPSA) is 29.9 Å². The minimum atomic E-state index is -0.251. The van der Waals surface area contributed by atoms with Gasteiger partial charge >= 0.3 is 0 Å². The summed E-state index contributed by atoms with van der Waals surface area (Å²) in [5.74, 6) is -0.251. The van der Waals surface area contributed by atoms with Crippen LogP contribution >= 0.6 is 0 Å². The second-order valence-corrected chi connectivity index (χ2v) is 5.16. The summed E-state index contributed by atoms with van der Waals surface area (Å²) in [5.41, 5.74) is 3.76. The molecule has 112 valence electrons. The predicted molar refractivity (Wildman–Crippen MR) is 86.7 cm³/mol. The van der Waals surface area contributed by atoms with Gasteiger partial charge in [0.1, 0.15) is 5.82 Å². The summed E-state index contributed by atoms with van der Waals surface area (Å²) in [6.45, 7) is 2.72. The highest BCUT2D eigenvalue weighted by Crippen LogP contribution is 2.17. The Morgan fingerprint density at radius 1 is 1.09 bits per heavy atom. The first-order valence-corrected chi connectivity index (χ1v) is 7.36. The van der Waals surface area contributed by atoms with Gasteiger partial charge in [0, 0.05) is 24.6 Å². The first kappa shape index (κ1) is 14.3. The highest BCUT2D eigenvalue weighted by Gasteiger charge is 2.05. The normalized spacial score (nSPS) is 10.6. The molecule has 0 fully saturated rings. The van der Waals surface area contributed by atoms with E-state index in [1.54, 1.807) is 35.4 Å². The second-order valence-electron chi connectivity index (χ2n) is 5.16. The van der Waals surface area contributed by atoms with Crippen LogP contribution in [0.3, 0.4) is 0 Å². The van der Waals surface area contributed by atoms with Gasteiger partial charge in [0.15, 0.2) is 0 Å². The van der Waals surface area contributed by atoms with E-state index in [2.05, 4.69) is 41.5 Å². The minimum Gasteiger partial charge on any atom is -0.381 e. The van der Waals surface area contributed by atoms with Crippen molar-refractivity contribution >= 4 is 5.69 Å². The quantitative estimate of drug-likeness (QED) is 0.765. The Balaban J connectivity index is 1.69. The van der Waals surface area contributed by atoms with Crippen molar-refractivity contribution in [2.24, 2.45) is 0 Å². The summed E-state index contributed by atoms with van der Waals surface area (Å²) in [6, 6.07) is 13.6. The zero-order valence-corrected chi connectivity index (χ0v) is 12.5. The van der Waals surface area contributed by atoms with Crippen LogP contribution in [0.15, 0.2) is 61.2 Å². The molecule has 0 amide bonds. The summed E-state index contributed by atoms with van der Waals surface area (Å²) in [5, 5.41) is 3.31. The standard InChI is InChI=1S/C18H18FN3/c1-2-14-3-6-16(7-4-14)21-12-15-5-8-18(17(19)11-15)22-10-9-20-13-22/h3-11,13,21H,2,12H2,1H3. The molecule has 3 nitrogen and oxygen atoms in total. The van der Waals surface area contributed by atoms with Crippen LogP contribution in [0, 0.1) is 5.82 Å². The minimum absolute atomic E-state index is 0.251. The second kappa shape index (κ2) is 6.43. The van der Waals surface area contributed by atoms with Gasteiger partial charge in [-0.05, 0) is 41.8 Å². The number of benzene rings is 2. The van der Waals surface area contributed by atoms with E-state index in [0.29, 0.717) is 12.2 Å². The summed E-state index contributed by atoms with van der Waals surface area (Å²) < 4.78 is 15.8. The lowest BCUT2D eigenvalue weighted by molar-refractivity contribution is 0.616. The van der Waals surface area contributed by atoms with Crippen LogP contribution < -0.4 is 5.32 Å². The number of hydrogen-bond donors (Lipinski definition) is 1. The molecule has 0 saturated heterocycles. The lowest BCUT2D eigenvalue weighted by Gasteiger charge is -2.09. The maximum absolute atomic E-state index is 14.2. The van der Waals surface area contributed by atoms with E-state index in [9.17, 15) is 4.39 Å². The molecule has 1 heterocycles. The van der Waals surface area contributed by atoms with Gasteiger partial charge < -0.3 is 9.88 Å². The van der Waals surface area contributed by atoms with Crippen LogP contribution in [-0.2, 0) is 13.0 Å². The fraction of sp³-hybridized carbons (Fsp3) is 0.167. The number of hydrogen-bond acceptors (Lipinski definition) is 2. The van der Waals surface area contributed by atoms with Gasteiger partial charge in [-0.15, -0.1) is 0 Å². The van der Waals surface area contributed by atoms with Crippen molar-refractivity contribution in [3.05, 3.63) is 78.1 Å². The van der Waals surface area contributed by atoms with Gasteiger partial charge in [0.05, 0.1) is 12.0 Å². The van der Waals surface area contributed by atoms with Crippen molar-refractivity contribution in [3.8, 4) is 5.69 Å². The highest BCUT2D eigenvalue weighted by atomic mass is 19.1. The smallest absolute Gasteiger partial charge is 0.147 e. The molecular weight excluding hydrogens is 277 g/mol. The van der Waals surface area contributed by atoms with E-state index >= 15 is 0 Å². The largest absolute Gasteiger partial charge is 0.381 e. The van der Waals surface area contributed by atoms with E-state index < -0.39 is 0 Å². The molecule has 0 aliphatic carbocycles. The number of aromatic nitrogens is 2. The fourth-order valence-corrected chi connectivity index (χ4v) is 2.33. The number of imidazole rings is 1. The molecular formula is C18H18FN3. The maximum atomic E-state index is 14.2. The molecule has 0 aliphatic heterocycles. The van der Waals surface area contributed by atoms with Crippen LogP contribution in [0.25, 0.3) is 5.69 Å². The molecule has 0 spiro atoms. The van der Waals surface area contributed by atoms with Crippen LogP contribution in [0.5, 0.6) is 0 Å². The zero-order valence-electron chi connectivity index (χ0n) is 12.5. The Hall–Kier alpha value is -2.62. The molecule has 22 heavy (non-hydrogen) atoms. The molecule has 0 saturated carbocycles. The van der Waals surface area contributed by atoms with Crippen LogP contribution in [0.4, 0.5) is 10.1 Å². The summed E-state index contributed by atoms with van der Waals surface area (Å²) >= 11 is 0. The third kappa shape index (κ3) is 3.17. The third-order valence-electron chi connectivity index (χ3n) is 3.65. The molecule has 0 radical (unpaired) electrons. The van der Waals surface area contributed by atoms with E-state index in [0.717, 1.165) is 17.7 Å². The Bertz CT molecular complexity index is 734. The molecule has 0 unspecified atom stereocenters. The molecule has 3 rings (SSSR count). The predicted octanol–water partition coefficient (Wildman–Crippen LogP) is 4.19. The summed E-state index contributed by atoms with van der Waals surface area (Å²) in [4.78, 5) is 3.94. The Labute approximate surface area is 129 Å². The van der Waals surface area contributed by atoms with E-state index in [1.165, 1.54) is 5.56 Å². The SMILES string of the molecule is CCc1ccc(NCc2ccc(-n3ccnc3)c(F)c2)cc1. The van der Waals surface area contributed by atoms with Gasteiger partial charge in [-0.1, -0.05) is 25.1 Å². The van der Waals surface area contributed by atoms with Crippen molar-refractivity contribution in [2.45, 2.75) is 19.9 Å². The van der Waals surface area contributed by atoms with Crippen LogP contribution in [0.2, 0.25) is 0 Å².